The highest BCUT2D eigenvalue weighted by Crippen LogP contribution is 2.43. The molecule has 400 valence electrons. The number of benzene rings is 1. The highest BCUT2D eigenvalue weighted by atomic mass is 32.1. The third-order valence-electron chi connectivity index (χ3n) is 14.2. The van der Waals surface area contributed by atoms with Crippen molar-refractivity contribution >= 4 is 106 Å². The van der Waals surface area contributed by atoms with E-state index in [0.29, 0.717) is 50.4 Å². The molecule has 22 heteroatoms. The second-order valence-corrected chi connectivity index (χ2v) is 21.0. The van der Waals surface area contributed by atoms with Crippen molar-refractivity contribution in [2.75, 3.05) is 85.6 Å². The van der Waals surface area contributed by atoms with Crippen molar-refractivity contribution in [1.29, 1.82) is 0 Å². The molecule has 0 unspecified atom stereocenters. The number of carbonyl (C=O) groups is 4. The van der Waals surface area contributed by atoms with Crippen LogP contribution in [0.4, 0.5) is 10.5 Å². The van der Waals surface area contributed by atoms with Gasteiger partial charge in [0, 0.05) is 99.8 Å². The van der Waals surface area contributed by atoms with Crippen LogP contribution in [0.25, 0.3) is 33.4 Å². The lowest BCUT2D eigenvalue weighted by Crippen LogP contribution is -2.64. The zero-order chi connectivity index (χ0) is 48.6. The van der Waals surface area contributed by atoms with E-state index < -0.39 is 41.3 Å². The molecule has 3 saturated heterocycles. The van der Waals surface area contributed by atoms with Crippen LogP contribution in [0.15, 0.2) is 35.8 Å². The van der Waals surface area contributed by atoms with Crippen LogP contribution in [-0.4, -0.2) is 163 Å². The van der Waals surface area contributed by atoms with Gasteiger partial charge in [-0.1, -0.05) is 33.8 Å². The van der Waals surface area contributed by atoms with Gasteiger partial charge in [0.05, 0.1) is 65.9 Å². The molecule has 0 saturated carbocycles. The second-order valence-electron chi connectivity index (χ2n) is 20.1. The van der Waals surface area contributed by atoms with E-state index in [0.717, 1.165) is 76.5 Å². The Balaban J connectivity index is 0.00000281. The van der Waals surface area contributed by atoms with Crippen LogP contribution >= 0.6 is 65.3 Å². The molecule has 4 amide bonds. The van der Waals surface area contributed by atoms with Crippen molar-refractivity contribution in [2.24, 2.45) is 11.3 Å². The fraction of sp³-hybridized carbons (Fsp3) is 0.600. The van der Waals surface area contributed by atoms with E-state index in [-0.39, 0.29) is 91.2 Å². The van der Waals surface area contributed by atoms with Crippen molar-refractivity contribution in [2.45, 2.75) is 104 Å². The SMILES string of the molecule is CCn1c(-c2cc(N3CCN(C)CC3)cnc2[C@H](C)OC)c2c3cc(ccc31)-c1csc(n1)C[C@H](NC(=O)[C@H](C(C)C)N(C)C(=O)N1CC(OC)C1)C(=O)N1CCC[C@H](N1)C(=O)OCC(C)(C)C2.S.S.S.S. The number of amides is 4. The molecular weight excluding hydrogens is 1010 g/mol. The minimum atomic E-state index is -1.05. The van der Waals surface area contributed by atoms with Gasteiger partial charge in [-0.2, -0.15) is 54.0 Å². The number of cyclic esters (lactones) is 1. The molecular formula is C50H78N10O7S5. The number of piperazine rings is 1. The van der Waals surface area contributed by atoms with Gasteiger partial charge in [-0.05, 0) is 69.8 Å². The molecule has 6 bridgehead atoms. The van der Waals surface area contributed by atoms with Crippen LogP contribution < -0.4 is 15.6 Å². The van der Waals surface area contributed by atoms with Gasteiger partial charge in [-0.3, -0.25) is 24.4 Å². The van der Waals surface area contributed by atoms with Crippen molar-refractivity contribution < 1.29 is 33.4 Å². The molecule has 2 N–H and O–H groups in total. The lowest BCUT2D eigenvalue weighted by Gasteiger charge is -2.42. The number of hydrazine groups is 1. The van der Waals surface area contributed by atoms with E-state index in [9.17, 15) is 19.2 Å². The van der Waals surface area contributed by atoms with Gasteiger partial charge >= 0.3 is 12.0 Å². The number of urea groups is 1. The Morgan fingerprint density at radius 2 is 1.74 bits per heavy atom. The molecule has 17 nitrogen and oxygen atoms in total. The molecule has 4 aliphatic heterocycles. The third kappa shape index (κ3) is 12.8. The summed E-state index contributed by atoms with van der Waals surface area (Å²) in [5.41, 5.74) is 10.5. The summed E-state index contributed by atoms with van der Waals surface area (Å²) >= 11 is 1.43. The fourth-order valence-corrected chi connectivity index (χ4v) is 11.0. The van der Waals surface area contributed by atoms with E-state index >= 15 is 0 Å². The van der Waals surface area contributed by atoms with Gasteiger partial charge in [0.2, 0.25) is 5.91 Å². The largest absolute Gasteiger partial charge is 0.464 e. The van der Waals surface area contributed by atoms with E-state index in [4.69, 9.17) is 24.2 Å². The number of rotatable bonds is 10. The van der Waals surface area contributed by atoms with Crippen LogP contribution in [0.5, 0.6) is 0 Å². The smallest absolute Gasteiger partial charge is 0.324 e. The number of anilines is 1. The Bertz CT molecular complexity index is 2510. The number of aromatic nitrogens is 3. The molecule has 72 heavy (non-hydrogen) atoms. The van der Waals surface area contributed by atoms with Crippen molar-refractivity contribution in [3.63, 3.8) is 0 Å². The van der Waals surface area contributed by atoms with Crippen LogP contribution in [0.2, 0.25) is 0 Å². The summed E-state index contributed by atoms with van der Waals surface area (Å²) in [5.74, 6) is -1.56. The topological polar surface area (TPSA) is 167 Å². The number of aryl methyl sites for hydroxylation is 1. The van der Waals surface area contributed by atoms with Gasteiger partial charge in [-0.25, -0.2) is 15.2 Å². The van der Waals surface area contributed by atoms with Gasteiger partial charge in [0.25, 0.3) is 5.91 Å². The van der Waals surface area contributed by atoms with Gasteiger partial charge < -0.3 is 43.7 Å². The Morgan fingerprint density at radius 3 is 2.39 bits per heavy atom. The number of ether oxygens (including phenoxy) is 3. The molecule has 4 aromatic rings. The summed E-state index contributed by atoms with van der Waals surface area (Å²) in [7, 11) is 7.11. The quantitative estimate of drug-likeness (QED) is 0.183. The average Bonchev–Trinajstić information content (AvgIpc) is 3.90. The zero-order valence-electron chi connectivity index (χ0n) is 43.5. The van der Waals surface area contributed by atoms with Gasteiger partial charge in [-0.15, -0.1) is 11.3 Å². The number of fused-ring (bicyclic) bond motifs is 6. The van der Waals surface area contributed by atoms with Crippen molar-refractivity contribution in [3.05, 3.63) is 52.1 Å². The minimum absolute atomic E-state index is 0. The number of esters is 1. The molecule has 0 radical (unpaired) electrons. The summed E-state index contributed by atoms with van der Waals surface area (Å²) in [4.78, 5) is 74.7. The van der Waals surface area contributed by atoms with Crippen molar-refractivity contribution in [1.82, 2.24) is 45.0 Å². The molecule has 3 fully saturated rings. The van der Waals surface area contributed by atoms with Crippen LogP contribution in [0.3, 0.4) is 0 Å². The summed E-state index contributed by atoms with van der Waals surface area (Å²) in [6.45, 7) is 18.0. The van der Waals surface area contributed by atoms with Crippen molar-refractivity contribution in [3.8, 4) is 22.5 Å². The third-order valence-corrected chi connectivity index (χ3v) is 15.0. The lowest BCUT2D eigenvalue weighted by atomic mass is 9.84. The van der Waals surface area contributed by atoms with Crippen LogP contribution in [0, 0.1) is 11.3 Å². The highest BCUT2D eigenvalue weighted by molar-refractivity contribution is 7.59. The number of likely N-dealkylation sites (N-methyl/N-ethyl adjacent to an activating group) is 2. The summed E-state index contributed by atoms with van der Waals surface area (Å²) in [5, 5.41) is 8.20. The number of likely N-dealkylation sites (tertiary alicyclic amines) is 1. The first-order chi connectivity index (χ1) is 32.5. The molecule has 0 aliphatic carbocycles. The second kappa shape index (κ2) is 25.7. The first-order valence-electron chi connectivity index (χ1n) is 24.2. The number of pyridine rings is 1. The summed E-state index contributed by atoms with van der Waals surface area (Å²) in [6.07, 6.45) is 3.37. The number of hydrogen-bond donors (Lipinski definition) is 2. The predicted molar refractivity (Wildman–Crippen MR) is 305 cm³/mol. The maximum absolute atomic E-state index is 14.6. The molecule has 4 atom stereocenters. The summed E-state index contributed by atoms with van der Waals surface area (Å²) < 4.78 is 19.9. The molecule has 3 aromatic heterocycles. The Kier molecular flexibility index (Phi) is 21.7. The number of carbonyl (C=O) groups excluding carboxylic acids is 4. The number of nitrogens with zero attached hydrogens (tertiary/aromatic N) is 8. The number of thiazole rings is 1. The molecule has 4 aliphatic rings. The average molecular weight is 1090 g/mol. The first kappa shape index (κ1) is 60.8. The Morgan fingerprint density at radius 1 is 1.03 bits per heavy atom. The van der Waals surface area contributed by atoms with Crippen LogP contribution in [-0.2, 0) is 48.0 Å². The maximum atomic E-state index is 14.6. The number of methoxy groups -OCH3 is 2. The predicted octanol–water partition coefficient (Wildman–Crippen LogP) is 5.81. The fourth-order valence-electron chi connectivity index (χ4n) is 10.1. The number of hydrogen-bond acceptors (Lipinski definition) is 13. The van der Waals surface area contributed by atoms with Gasteiger partial charge in [0.15, 0.2) is 0 Å². The molecule has 0 spiro atoms. The first-order valence-corrected chi connectivity index (χ1v) is 25.0. The molecule has 8 rings (SSSR count). The van der Waals surface area contributed by atoms with Gasteiger partial charge in [0.1, 0.15) is 18.1 Å². The van der Waals surface area contributed by atoms with E-state index in [2.05, 4.69) is 77.2 Å². The van der Waals surface area contributed by atoms with E-state index in [1.807, 2.05) is 32.3 Å². The van der Waals surface area contributed by atoms with Crippen LogP contribution in [0.1, 0.15) is 76.8 Å². The van der Waals surface area contributed by atoms with E-state index in [1.54, 1.807) is 26.2 Å². The highest BCUT2D eigenvalue weighted by Gasteiger charge is 2.41. The minimum Gasteiger partial charge on any atom is -0.464 e. The lowest BCUT2D eigenvalue weighted by molar-refractivity contribution is -0.155. The normalized spacial score (nSPS) is 20.4. The Hall–Kier alpha value is -3.74. The Labute approximate surface area is 457 Å². The molecule has 7 heterocycles. The zero-order valence-corrected chi connectivity index (χ0v) is 48.3. The molecule has 1 aromatic carbocycles. The van der Waals surface area contributed by atoms with E-state index in [1.165, 1.54) is 21.2 Å². The number of nitrogens with one attached hydrogen (secondary N) is 2. The standard InChI is InChI=1S/C50H70N10O7S.4H2S/c1-11-59-41-15-14-32-21-35(41)37(45(59)36-22-33(25-51-43(36)31(4)65-9)57-19-17-55(7)18-20-57)24-50(5,6)29-67-48(63)38-13-12-16-60(54-38)47(62)39(23-42-52-40(32)28-68-42)53-46(61)44(30(2)3)56(8)49(64)58-26-34(27-58)66-10;;;;/h14-15,21-22,25,28,30-31,34,38-39,44,54H,11-13,16-20,23-24,26-27,29H2,1-10H3,(H,53,61);4*1H2/t31-,38-,39-,44-;;;;/m0..../s1. The monoisotopic (exact) mass is 1090 g/mol. The summed E-state index contributed by atoms with van der Waals surface area (Å²) in [6, 6.07) is 5.78. The maximum Gasteiger partial charge on any atom is 0.324 e.